The number of hydrogen-bond donors (Lipinski definition) is 2. The summed E-state index contributed by atoms with van der Waals surface area (Å²) in [4.78, 5) is 0. The van der Waals surface area contributed by atoms with Gasteiger partial charge in [0.05, 0.1) is 18.8 Å². The first-order valence-electron chi connectivity index (χ1n) is 5.05. The molecule has 0 aromatic heterocycles. The molecule has 0 heterocycles. The molecule has 84 valence electrons. The molecule has 0 aromatic carbocycles. The van der Waals surface area contributed by atoms with E-state index >= 15 is 0 Å². The fourth-order valence-electron chi connectivity index (χ4n) is 1.49. The van der Waals surface area contributed by atoms with Gasteiger partial charge in [-0.25, -0.2) is 0 Å². The van der Waals surface area contributed by atoms with Crippen LogP contribution in [0.25, 0.3) is 0 Å². The second-order valence-corrected chi connectivity index (χ2v) is 3.70. The Balaban J connectivity index is 4.29. The summed E-state index contributed by atoms with van der Waals surface area (Å²) in [6.07, 6.45) is 2.03. The van der Waals surface area contributed by atoms with Crippen LogP contribution in [0.2, 0.25) is 0 Å². The van der Waals surface area contributed by atoms with Crippen molar-refractivity contribution in [2.75, 3.05) is 13.7 Å². The standard InChI is InChI=1S/C11H22O3/c1-5-10(14-4)11(13)9(3)6-8(2)7-12/h6,9-13H,5,7H2,1-4H3/b8-6-/t9-,10+,11+/m1/s1. The molecular formula is C11H22O3. The number of methoxy groups -OCH3 is 1. The molecule has 0 fully saturated rings. The third kappa shape index (κ3) is 4.22. The first kappa shape index (κ1) is 13.6. The molecule has 2 N–H and O–H groups in total. The zero-order valence-electron chi connectivity index (χ0n) is 9.53. The molecule has 0 spiro atoms. The van der Waals surface area contributed by atoms with Crippen LogP contribution >= 0.6 is 0 Å². The van der Waals surface area contributed by atoms with Gasteiger partial charge < -0.3 is 14.9 Å². The Labute approximate surface area is 86.4 Å². The van der Waals surface area contributed by atoms with Crippen molar-refractivity contribution in [1.29, 1.82) is 0 Å². The lowest BCUT2D eigenvalue weighted by Gasteiger charge is -2.24. The van der Waals surface area contributed by atoms with Gasteiger partial charge in [-0.05, 0) is 13.3 Å². The Morgan fingerprint density at radius 3 is 2.43 bits per heavy atom. The van der Waals surface area contributed by atoms with Gasteiger partial charge in [0.2, 0.25) is 0 Å². The van der Waals surface area contributed by atoms with E-state index in [0.717, 1.165) is 12.0 Å². The zero-order valence-corrected chi connectivity index (χ0v) is 9.53. The van der Waals surface area contributed by atoms with Gasteiger partial charge >= 0.3 is 0 Å². The van der Waals surface area contributed by atoms with Crippen LogP contribution in [0.3, 0.4) is 0 Å². The quantitative estimate of drug-likeness (QED) is 0.639. The van der Waals surface area contributed by atoms with Gasteiger partial charge in [-0.15, -0.1) is 0 Å². The van der Waals surface area contributed by atoms with Gasteiger partial charge in [0.15, 0.2) is 0 Å². The van der Waals surface area contributed by atoms with E-state index in [1.165, 1.54) is 0 Å². The minimum Gasteiger partial charge on any atom is -0.392 e. The Bertz CT molecular complexity index is 173. The molecule has 0 saturated carbocycles. The topological polar surface area (TPSA) is 49.7 Å². The van der Waals surface area contributed by atoms with Crippen molar-refractivity contribution in [3.8, 4) is 0 Å². The van der Waals surface area contributed by atoms with Crippen LogP contribution in [-0.4, -0.2) is 36.1 Å². The molecule has 0 aromatic rings. The van der Waals surface area contributed by atoms with E-state index in [-0.39, 0.29) is 18.6 Å². The number of ether oxygens (including phenoxy) is 1. The first-order chi connectivity index (χ1) is 6.56. The summed E-state index contributed by atoms with van der Waals surface area (Å²) < 4.78 is 5.16. The monoisotopic (exact) mass is 202 g/mol. The summed E-state index contributed by atoms with van der Waals surface area (Å²) in [5, 5.41) is 18.7. The van der Waals surface area contributed by atoms with Gasteiger partial charge in [0.25, 0.3) is 0 Å². The predicted molar refractivity (Wildman–Crippen MR) is 57.1 cm³/mol. The maximum atomic E-state index is 9.87. The van der Waals surface area contributed by atoms with Gasteiger partial charge in [-0.1, -0.05) is 25.5 Å². The maximum absolute atomic E-state index is 9.87. The molecule has 0 aliphatic carbocycles. The van der Waals surface area contributed by atoms with Gasteiger partial charge in [0.1, 0.15) is 0 Å². The summed E-state index contributed by atoms with van der Waals surface area (Å²) in [5.41, 5.74) is 0.877. The first-order valence-corrected chi connectivity index (χ1v) is 5.05. The normalized spacial score (nSPS) is 19.1. The zero-order chi connectivity index (χ0) is 11.1. The van der Waals surface area contributed by atoms with Crippen molar-refractivity contribution < 1.29 is 14.9 Å². The molecule has 0 bridgehead atoms. The summed E-state index contributed by atoms with van der Waals surface area (Å²) in [5.74, 6) is 0.00653. The Kier molecular flexibility index (Phi) is 6.79. The highest BCUT2D eigenvalue weighted by atomic mass is 16.5. The second kappa shape index (κ2) is 6.98. The maximum Gasteiger partial charge on any atom is 0.0861 e. The number of rotatable bonds is 6. The highest BCUT2D eigenvalue weighted by molar-refractivity contribution is 5.02. The number of hydrogen-bond acceptors (Lipinski definition) is 3. The second-order valence-electron chi connectivity index (χ2n) is 3.70. The third-order valence-corrected chi connectivity index (χ3v) is 2.42. The van der Waals surface area contributed by atoms with Crippen LogP contribution in [-0.2, 0) is 4.74 Å². The van der Waals surface area contributed by atoms with Crippen LogP contribution in [0.15, 0.2) is 11.6 Å². The van der Waals surface area contributed by atoms with Crippen LogP contribution in [0, 0.1) is 5.92 Å². The van der Waals surface area contributed by atoms with E-state index in [1.807, 2.05) is 26.8 Å². The Hall–Kier alpha value is -0.380. The fourth-order valence-corrected chi connectivity index (χ4v) is 1.49. The molecule has 0 aliphatic heterocycles. The summed E-state index contributed by atoms with van der Waals surface area (Å²) >= 11 is 0. The van der Waals surface area contributed by atoms with E-state index in [1.54, 1.807) is 7.11 Å². The number of aliphatic hydroxyl groups is 2. The molecule has 0 amide bonds. The molecule has 0 saturated heterocycles. The van der Waals surface area contributed by atoms with Crippen molar-refractivity contribution in [3.63, 3.8) is 0 Å². The highest BCUT2D eigenvalue weighted by Crippen LogP contribution is 2.15. The molecule has 0 rings (SSSR count). The molecular weight excluding hydrogens is 180 g/mol. The van der Waals surface area contributed by atoms with Crippen LogP contribution in [0.5, 0.6) is 0 Å². The largest absolute Gasteiger partial charge is 0.392 e. The molecule has 0 aliphatic rings. The smallest absolute Gasteiger partial charge is 0.0861 e. The van der Waals surface area contributed by atoms with E-state index in [0.29, 0.717) is 0 Å². The molecule has 0 unspecified atom stereocenters. The average Bonchev–Trinajstić information content (AvgIpc) is 2.19. The van der Waals surface area contributed by atoms with Crippen molar-refractivity contribution in [3.05, 3.63) is 11.6 Å². The molecule has 3 nitrogen and oxygen atoms in total. The number of aliphatic hydroxyl groups excluding tert-OH is 2. The van der Waals surface area contributed by atoms with Crippen LogP contribution in [0.4, 0.5) is 0 Å². The van der Waals surface area contributed by atoms with E-state index in [9.17, 15) is 5.11 Å². The van der Waals surface area contributed by atoms with Crippen LogP contribution < -0.4 is 0 Å². The minimum absolute atomic E-state index is 0.00653. The lowest BCUT2D eigenvalue weighted by atomic mass is 9.96. The third-order valence-electron chi connectivity index (χ3n) is 2.42. The minimum atomic E-state index is -0.508. The van der Waals surface area contributed by atoms with Crippen molar-refractivity contribution in [2.45, 2.75) is 39.4 Å². The van der Waals surface area contributed by atoms with Crippen LogP contribution in [0.1, 0.15) is 27.2 Å². The van der Waals surface area contributed by atoms with E-state index in [2.05, 4.69) is 0 Å². The summed E-state index contributed by atoms with van der Waals surface area (Å²) in [7, 11) is 1.60. The lowest BCUT2D eigenvalue weighted by Crippen LogP contribution is -2.32. The van der Waals surface area contributed by atoms with Gasteiger partial charge in [-0.2, -0.15) is 0 Å². The SMILES string of the molecule is CC[C@H](OC)[C@@H](O)[C@H](C)/C=C(/C)CO. The van der Waals surface area contributed by atoms with Crippen molar-refractivity contribution >= 4 is 0 Å². The van der Waals surface area contributed by atoms with E-state index < -0.39 is 6.10 Å². The fraction of sp³-hybridized carbons (Fsp3) is 0.818. The van der Waals surface area contributed by atoms with Gasteiger partial charge in [0, 0.05) is 13.0 Å². The summed E-state index contributed by atoms with van der Waals surface area (Å²) in [6, 6.07) is 0. The average molecular weight is 202 g/mol. The molecule has 3 atom stereocenters. The van der Waals surface area contributed by atoms with Crippen molar-refractivity contribution in [2.24, 2.45) is 5.92 Å². The Morgan fingerprint density at radius 2 is 2.07 bits per heavy atom. The lowest BCUT2D eigenvalue weighted by molar-refractivity contribution is -0.0302. The molecule has 0 radical (unpaired) electrons. The predicted octanol–water partition coefficient (Wildman–Crippen LogP) is 1.35. The molecule has 14 heavy (non-hydrogen) atoms. The van der Waals surface area contributed by atoms with E-state index in [4.69, 9.17) is 9.84 Å². The van der Waals surface area contributed by atoms with Gasteiger partial charge in [-0.3, -0.25) is 0 Å². The highest BCUT2D eigenvalue weighted by Gasteiger charge is 2.21. The molecule has 3 heteroatoms. The Morgan fingerprint density at radius 1 is 1.50 bits per heavy atom. The van der Waals surface area contributed by atoms with Crippen molar-refractivity contribution in [1.82, 2.24) is 0 Å². The summed E-state index contributed by atoms with van der Waals surface area (Å²) in [6.45, 7) is 5.79.